The Morgan fingerprint density at radius 3 is 2.65 bits per heavy atom. The van der Waals surface area contributed by atoms with Gasteiger partial charge in [0.1, 0.15) is 23.3 Å². The number of anilines is 3. The molecule has 3 aliphatic heterocycles. The predicted molar refractivity (Wildman–Crippen MR) is 165 cm³/mol. The van der Waals surface area contributed by atoms with Crippen LogP contribution in [0.1, 0.15) is 32.3 Å². The van der Waals surface area contributed by atoms with Crippen molar-refractivity contribution in [2.45, 2.75) is 45.7 Å². The molecule has 5 aromatic rings. The first-order chi connectivity index (χ1) is 20.8. The van der Waals surface area contributed by atoms with E-state index in [-0.39, 0.29) is 23.8 Å². The summed E-state index contributed by atoms with van der Waals surface area (Å²) in [6.45, 7) is 6.80. The third kappa shape index (κ3) is 4.70. The number of benzene rings is 2. The maximum absolute atomic E-state index is 13.0. The number of hydrogen-bond donors (Lipinski definition) is 2. The van der Waals surface area contributed by atoms with E-state index in [1.54, 1.807) is 26.5 Å². The molecule has 2 atom stereocenters. The standard InChI is InChI=1S/C32H34N8O3/c1-19(2)30(41)32(42)39-16-22-6-7-23(39)15-38(22)27-11-12-40-29(27)31(33-17-35-40)36-21-5-10-28(20(3)13-21)43-24-8-9-26-25(14-24)34-18-37(26)4/h5,8-14,17-18,22-23,41H,6-7,15-16H2,1-4H3,(H,33,35,36). The molecular formula is C32H34N8O3. The molecule has 2 bridgehead atoms. The van der Waals surface area contributed by atoms with Crippen molar-refractivity contribution < 1.29 is 14.6 Å². The Morgan fingerprint density at radius 2 is 1.88 bits per heavy atom. The van der Waals surface area contributed by atoms with Gasteiger partial charge in [-0.3, -0.25) is 4.79 Å². The number of aliphatic hydroxyl groups excluding tert-OH is 1. The maximum Gasteiger partial charge on any atom is 0.288 e. The molecule has 2 unspecified atom stereocenters. The number of aliphatic hydroxyl groups is 1. The lowest BCUT2D eigenvalue weighted by Crippen LogP contribution is -2.64. The van der Waals surface area contributed by atoms with Crippen LogP contribution >= 0.6 is 0 Å². The van der Waals surface area contributed by atoms with Crippen LogP contribution in [0.4, 0.5) is 17.2 Å². The van der Waals surface area contributed by atoms with Crippen LogP contribution in [-0.2, 0) is 11.8 Å². The number of hydrogen-bond acceptors (Lipinski definition) is 8. The van der Waals surface area contributed by atoms with E-state index in [9.17, 15) is 9.90 Å². The molecular weight excluding hydrogens is 544 g/mol. The third-order valence-corrected chi connectivity index (χ3v) is 8.57. The predicted octanol–water partition coefficient (Wildman–Crippen LogP) is 5.49. The van der Waals surface area contributed by atoms with Crippen LogP contribution in [0.15, 0.2) is 72.6 Å². The second-order valence-corrected chi connectivity index (χ2v) is 11.7. The lowest BCUT2D eigenvalue weighted by Gasteiger charge is -2.52. The van der Waals surface area contributed by atoms with Crippen molar-refractivity contribution in [3.63, 3.8) is 0 Å². The van der Waals surface area contributed by atoms with E-state index in [0.29, 0.717) is 24.5 Å². The van der Waals surface area contributed by atoms with Crippen LogP contribution in [0.25, 0.3) is 16.6 Å². The van der Waals surface area contributed by atoms with Gasteiger partial charge in [-0.1, -0.05) is 0 Å². The Kier molecular flexibility index (Phi) is 6.45. The van der Waals surface area contributed by atoms with Crippen LogP contribution < -0.4 is 15.0 Å². The SMILES string of the molecule is CC(C)=C(O)C(=O)N1CC2CCC1CN2c1ccn2ncnc(Nc3ccc(Oc4ccc5c(c4)ncn5C)c(C)c3)c12. The van der Waals surface area contributed by atoms with Crippen molar-refractivity contribution >= 4 is 39.6 Å². The highest BCUT2D eigenvalue weighted by molar-refractivity contribution is 5.93. The van der Waals surface area contributed by atoms with Crippen molar-refractivity contribution in [2.75, 3.05) is 23.3 Å². The molecule has 6 heterocycles. The van der Waals surface area contributed by atoms with E-state index < -0.39 is 0 Å². The highest BCUT2D eigenvalue weighted by atomic mass is 16.5. The Hall–Kier alpha value is -5.06. The van der Waals surface area contributed by atoms with Crippen LogP contribution in [-0.4, -0.2) is 65.2 Å². The fourth-order valence-corrected chi connectivity index (χ4v) is 6.27. The van der Waals surface area contributed by atoms with E-state index in [0.717, 1.165) is 57.8 Å². The van der Waals surface area contributed by atoms with Gasteiger partial charge >= 0.3 is 0 Å². The molecule has 0 saturated carbocycles. The van der Waals surface area contributed by atoms with Gasteiger partial charge in [-0.15, -0.1) is 0 Å². The molecule has 0 radical (unpaired) electrons. The number of carbonyl (C=O) groups excluding carboxylic acids is 1. The quantitative estimate of drug-likeness (QED) is 0.201. The van der Waals surface area contributed by atoms with Crippen LogP contribution in [0.5, 0.6) is 11.5 Å². The van der Waals surface area contributed by atoms with Gasteiger partial charge in [-0.25, -0.2) is 14.5 Å². The average molecular weight is 579 g/mol. The summed E-state index contributed by atoms with van der Waals surface area (Å²) in [5.74, 6) is 1.77. The third-order valence-electron chi connectivity index (χ3n) is 8.57. The number of aryl methyl sites for hydroxylation is 2. The van der Waals surface area contributed by atoms with Crippen molar-refractivity contribution in [3.05, 3.63) is 78.2 Å². The molecule has 0 spiro atoms. The summed E-state index contributed by atoms with van der Waals surface area (Å²) in [5, 5.41) is 18.3. The lowest BCUT2D eigenvalue weighted by atomic mass is 9.90. The minimum atomic E-state index is -0.276. The number of rotatable bonds is 6. The molecule has 2 N–H and O–H groups in total. The van der Waals surface area contributed by atoms with Crippen molar-refractivity contribution in [3.8, 4) is 11.5 Å². The fraction of sp³-hybridized carbons (Fsp3) is 0.312. The number of nitrogens with one attached hydrogen (secondary N) is 1. The molecule has 1 amide bonds. The van der Waals surface area contributed by atoms with Gasteiger partial charge in [0, 0.05) is 50.2 Å². The second-order valence-electron chi connectivity index (χ2n) is 11.7. The number of allylic oxidation sites excluding steroid dienone is 1. The van der Waals surface area contributed by atoms with Gasteiger partial charge in [-0.2, -0.15) is 5.10 Å². The second kappa shape index (κ2) is 10.3. The number of aromatic nitrogens is 5. The number of ether oxygens (including phenoxy) is 1. The summed E-state index contributed by atoms with van der Waals surface area (Å²) in [6, 6.07) is 14.1. The highest BCUT2D eigenvalue weighted by Crippen LogP contribution is 2.38. The number of imidazole rings is 1. The summed E-state index contributed by atoms with van der Waals surface area (Å²) in [6.07, 6.45) is 7.18. The molecule has 11 heteroatoms. The number of piperazine rings is 1. The summed E-state index contributed by atoms with van der Waals surface area (Å²) in [5.41, 5.74) is 6.33. The summed E-state index contributed by atoms with van der Waals surface area (Å²) < 4.78 is 10.0. The Balaban J connectivity index is 1.13. The van der Waals surface area contributed by atoms with Gasteiger partial charge in [0.25, 0.3) is 5.91 Å². The molecule has 0 aliphatic carbocycles. The monoisotopic (exact) mass is 578 g/mol. The highest BCUT2D eigenvalue weighted by Gasteiger charge is 2.42. The summed E-state index contributed by atoms with van der Waals surface area (Å²) >= 11 is 0. The zero-order chi connectivity index (χ0) is 29.8. The lowest BCUT2D eigenvalue weighted by molar-refractivity contribution is -0.135. The van der Waals surface area contributed by atoms with Gasteiger partial charge in [-0.05, 0) is 81.1 Å². The van der Waals surface area contributed by atoms with Crippen molar-refractivity contribution in [1.82, 2.24) is 29.0 Å². The van der Waals surface area contributed by atoms with Crippen LogP contribution in [0.2, 0.25) is 0 Å². The first-order valence-electron chi connectivity index (χ1n) is 14.5. The van der Waals surface area contributed by atoms with E-state index in [1.165, 1.54) is 0 Å². The largest absolute Gasteiger partial charge is 0.503 e. The van der Waals surface area contributed by atoms with Gasteiger partial charge in [0.05, 0.1) is 23.0 Å². The minimum Gasteiger partial charge on any atom is -0.503 e. The summed E-state index contributed by atoms with van der Waals surface area (Å²) in [7, 11) is 1.97. The number of carbonyl (C=O) groups is 1. The molecule has 3 aromatic heterocycles. The zero-order valence-electron chi connectivity index (χ0n) is 24.7. The van der Waals surface area contributed by atoms with E-state index in [1.807, 2.05) is 70.5 Å². The maximum atomic E-state index is 13.0. The summed E-state index contributed by atoms with van der Waals surface area (Å²) in [4.78, 5) is 26.2. The molecule has 3 saturated heterocycles. The van der Waals surface area contributed by atoms with Gasteiger partial charge in [0.15, 0.2) is 11.6 Å². The molecule has 11 nitrogen and oxygen atoms in total. The molecule has 3 fully saturated rings. The number of fused-ring (bicyclic) bond motifs is 5. The average Bonchev–Trinajstić information content (AvgIpc) is 3.62. The first-order valence-corrected chi connectivity index (χ1v) is 14.5. The number of piperidine rings is 2. The zero-order valence-corrected chi connectivity index (χ0v) is 24.7. The van der Waals surface area contributed by atoms with Gasteiger partial charge in [0.2, 0.25) is 0 Å². The molecule has 2 aromatic carbocycles. The van der Waals surface area contributed by atoms with Crippen molar-refractivity contribution in [1.29, 1.82) is 0 Å². The van der Waals surface area contributed by atoms with Crippen molar-refractivity contribution in [2.24, 2.45) is 7.05 Å². The smallest absolute Gasteiger partial charge is 0.288 e. The fourth-order valence-electron chi connectivity index (χ4n) is 6.27. The number of nitrogens with zero attached hydrogens (tertiary/aromatic N) is 7. The number of amides is 1. The Bertz CT molecular complexity index is 1900. The molecule has 8 rings (SSSR count). The topological polar surface area (TPSA) is 113 Å². The minimum absolute atomic E-state index is 0.0311. The van der Waals surface area contributed by atoms with E-state index >= 15 is 0 Å². The Labute approximate surface area is 249 Å². The molecule has 3 aliphatic rings. The molecule has 220 valence electrons. The van der Waals surface area contributed by atoms with Gasteiger partial charge < -0.3 is 29.5 Å². The van der Waals surface area contributed by atoms with Crippen LogP contribution in [0, 0.1) is 6.92 Å². The van der Waals surface area contributed by atoms with E-state index in [4.69, 9.17) is 4.74 Å². The first kappa shape index (κ1) is 26.8. The van der Waals surface area contributed by atoms with E-state index in [2.05, 4.69) is 31.3 Å². The van der Waals surface area contributed by atoms with Crippen LogP contribution in [0.3, 0.4) is 0 Å². The Morgan fingerprint density at radius 1 is 1.05 bits per heavy atom. The normalized spacial score (nSPS) is 18.0. The molecule has 43 heavy (non-hydrogen) atoms.